The highest BCUT2D eigenvalue weighted by Gasteiger charge is 2.35. The van der Waals surface area contributed by atoms with E-state index in [1.165, 1.54) is 24.3 Å². The van der Waals surface area contributed by atoms with Crippen LogP contribution in [0.25, 0.3) is 21.8 Å². The summed E-state index contributed by atoms with van der Waals surface area (Å²) in [4.78, 5) is 26.8. The SMILES string of the molecule is C=C/C=C\C(=C(C)C)/C(=N\O)C(=O)c1ccc2c(c1)c1cc(C(=O)c3ccccc3C(F)(F)F)ccc1n2CC. The van der Waals surface area contributed by atoms with Crippen LogP contribution in [0.1, 0.15) is 52.6 Å². The molecule has 0 amide bonds. The van der Waals surface area contributed by atoms with Crippen LogP contribution in [0.15, 0.2) is 102 Å². The van der Waals surface area contributed by atoms with Gasteiger partial charge in [0.1, 0.15) is 0 Å². The lowest BCUT2D eigenvalue weighted by molar-refractivity contribution is -0.137. The Labute approximate surface area is 229 Å². The summed E-state index contributed by atoms with van der Waals surface area (Å²) in [6, 6.07) is 14.5. The van der Waals surface area contributed by atoms with Gasteiger partial charge in [0.25, 0.3) is 0 Å². The van der Waals surface area contributed by atoms with Crippen LogP contribution in [0.5, 0.6) is 0 Å². The van der Waals surface area contributed by atoms with E-state index in [0.717, 1.165) is 22.7 Å². The number of rotatable bonds is 8. The quantitative estimate of drug-likeness (QED) is 0.0800. The Morgan fingerprint density at radius 1 is 0.975 bits per heavy atom. The van der Waals surface area contributed by atoms with Crippen molar-refractivity contribution >= 4 is 39.1 Å². The molecular weight excluding hydrogens is 517 g/mol. The molecule has 0 unspecified atom stereocenters. The number of Topliss-reactive ketones (excluding diaryl/α,β-unsaturated/α-hetero) is 1. The van der Waals surface area contributed by atoms with Crippen LogP contribution >= 0.6 is 0 Å². The van der Waals surface area contributed by atoms with Crippen LogP contribution in [0.4, 0.5) is 13.2 Å². The molecular formula is C32H27F3N2O3. The van der Waals surface area contributed by atoms with Crippen molar-refractivity contribution in [3.8, 4) is 0 Å². The number of fused-ring (bicyclic) bond motifs is 3. The number of carbonyl (C=O) groups excluding carboxylic acids is 2. The van der Waals surface area contributed by atoms with E-state index in [9.17, 15) is 28.0 Å². The molecule has 1 heterocycles. The van der Waals surface area contributed by atoms with Crippen molar-refractivity contribution in [3.63, 3.8) is 0 Å². The standard InChI is InChI=1S/C32H27F3N2O3/c1-5-7-10-22(19(3)4)29(36-40)31(39)21-14-16-28-25(18-21)24-17-20(13-15-27(24)37(28)6-2)30(38)23-11-8-9-12-26(23)32(33,34)35/h5,7-18,40H,1,6H2,2-4H3/b10-7-,36-29+. The van der Waals surface area contributed by atoms with Gasteiger partial charge >= 0.3 is 6.18 Å². The Kier molecular flexibility index (Phi) is 7.91. The molecule has 0 radical (unpaired) electrons. The average molecular weight is 545 g/mol. The number of aryl methyl sites for hydroxylation is 1. The van der Waals surface area contributed by atoms with Gasteiger partial charge < -0.3 is 9.77 Å². The van der Waals surface area contributed by atoms with Crippen molar-refractivity contribution in [1.29, 1.82) is 0 Å². The number of nitrogens with zero attached hydrogens (tertiary/aromatic N) is 2. The lowest BCUT2D eigenvalue weighted by atomic mass is 9.95. The third-order valence-corrected chi connectivity index (χ3v) is 6.69. The van der Waals surface area contributed by atoms with E-state index in [1.54, 1.807) is 62.4 Å². The molecule has 0 aliphatic rings. The Bertz CT molecular complexity index is 1750. The molecule has 1 N–H and O–H groups in total. The largest absolute Gasteiger partial charge is 0.417 e. The van der Waals surface area contributed by atoms with Crippen molar-refractivity contribution in [2.24, 2.45) is 5.16 Å². The molecule has 1 aromatic heterocycles. The maximum atomic E-state index is 13.6. The third-order valence-electron chi connectivity index (χ3n) is 6.69. The van der Waals surface area contributed by atoms with Crippen molar-refractivity contribution in [2.45, 2.75) is 33.5 Å². The van der Waals surface area contributed by atoms with Gasteiger partial charge in [-0.2, -0.15) is 13.2 Å². The monoisotopic (exact) mass is 544 g/mol. The summed E-state index contributed by atoms with van der Waals surface area (Å²) in [7, 11) is 0. The van der Waals surface area contributed by atoms with Crippen LogP contribution in [0.2, 0.25) is 0 Å². The predicted molar refractivity (Wildman–Crippen MR) is 151 cm³/mol. The van der Waals surface area contributed by atoms with Crippen molar-refractivity contribution in [2.75, 3.05) is 0 Å². The fourth-order valence-corrected chi connectivity index (χ4v) is 4.82. The number of aromatic nitrogens is 1. The first-order chi connectivity index (χ1) is 19.0. The highest BCUT2D eigenvalue weighted by molar-refractivity contribution is 6.52. The molecule has 40 heavy (non-hydrogen) atoms. The van der Waals surface area contributed by atoms with Gasteiger partial charge in [-0.15, -0.1) is 0 Å². The lowest BCUT2D eigenvalue weighted by Gasteiger charge is -2.12. The summed E-state index contributed by atoms with van der Waals surface area (Å²) in [5, 5.41) is 14.3. The molecule has 0 bridgehead atoms. The number of allylic oxidation sites excluding steroid dienone is 5. The lowest BCUT2D eigenvalue weighted by Crippen LogP contribution is -2.17. The van der Waals surface area contributed by atoms with Crippen molar-refractivity contribution < 1.29 is 28.0 Å². The van der Waals surface area contributed by atoms with Gasteiger partial charge in [-0.05, 0) is 63.2 Å². The van der Waals surface area contributed by atoms with E-state index in [2.05, 4.69) is 11.7 Å². The third kappa shape index (κ3) is 5.12. The van der Waals surface area contributed by atoms with Crippen LogP contribution in [0.3, 0.4) is 0 Å². The maximum Gasteiger partial charge on any atom is 0.417 e. The maximum absolute atomic E-state index is 13.6. The number of benzene rings is 3. The van der Waals surface area contributed by atoms with Gasteiger partial charge in [0.05, 0.1) is 5.56 Å². The fourth-order valence-electron chi connectivity index (χ4n) is 4.82. The van der Waals surface area contributed by atoms with Gasteiger partial charge in [-0.3, -0.25) is 9.59 Å². The van der Waals surface area contributed by atoms with E-state index >= 15 is 0 Å². The second kappa shape index (κ2) is 11.2. The molecule has 0 saturated heterocycles. The van der Waals surface area contributed by atoms with E-state index in [0.29, 0.717) is 22.9 Å². The number of halogens is 3. The molecule has 5 nitrogen and oxygen atoms in total. The van der Waals surface area contributed by atoms with Gasteiger partial charge in [-0.25, -0.2) is 0 Å². The number of carbonyl (C=O) groups is 2. The Morgan fingerprint density at radius 2 is 1.57 bits per heavy atom. The normalized spacial score (nSPS) is 12.3. The van der Waals surface area contributed by atoms with E-state index in [1.807, 2.05) is 11.5 Å². The minimum Gasteiger partial charge on any atom is -0.410 e. The number of oxime groups is 1. The Morgan fingerprint density at radius 3 is 2.12 bits per heavy atom. The average Bonchev–Trinajstić information content (AvgIpc) is 3.26. The van der Waals surface area contributed by atoms with Crippen LogP contribution in [0, 0.1) is 0 Å². The predicted octanol–water partition coefficient (Wildman–Crippen LogP) is 8.16. The first-order valence-corrected chi connectivity index (χ1v) is 12.5. The molecule has 0 spiro atoms. The molecule has 8 heteroatoms. The van der Waals surface area contributed by atoms with E-state index in [4.69, 9.17) is 0 Å². The Balaban J connectivity index is 1.88. The van der Waals surface area contributed by atoms with Crippen molar-refractivity contribution in [3.05, 3.63) is 119 Å². The fraction of sp³-hybridized carbons (Fsp3) is 0.156. The Hall–Kier alpha value is -4.72. The highest BCUT2D eigenvalue weighted by atomic mass is 19.4. The molecule has 0 aliphatic carbocycles. The van der Waals surface area contributed by atoms with Gasteiger partial charge in [0.15, 0.2) is 11.5 Å². The smallest absolute Gasteiger partial charge is 0.410 e. The minimum absolute atomic E-state index is 0.0927. The highest BCUT2D eigenvalue weighted by Crippen LogP contribution is 2.35. The number of alkyl halides is 3. The summed E-state index contributed by atoms with van der Waals surface area (Å²) in [6.07, 6.45) is 0.128. The second-order valence-corrected chi connectivity index (χ2v) is 9.37. The summed E-state index contributed by atoms with van der Waals surface area (Å²) in [5.74, 6) is -1.27. The summed E-state index contributed by atoms with van der Waals surface area (Å²) >= 11 is 0. The molecule has 0 aliphatic heterocycles. The molecule has 0 fully saturated rings. The first-order valence-electron chi connectivity index (χ1n) is 12.5. The zero-order valence-corrected chi connectivity index (χ0v) is 22.2. The minimum atomic E-state index is -4.68. The summed E-state index contributed by atoms with van der Waals surface area (Å²) in [5.41, 5.74) is 1.51. The zero-order chi connectivity index (χ0) is 29.2. The number of hydrogen-bond acceptors (Lipinski definition) is 4. The summed E-state index contributed by atoms with van der Waals surface area (Å²) in [6.45, 7) is 9.73. The molecule has 0 atom stereocenters. The van der Waals surface area contributed by atoms with Crippen LogP contribution in [-0.4, -0.2) is 27.1 Å². The van der Waals surface area contributed by atoms with Gasteiger partial charge in [-0.1, -0.05) is 53.7 Å². The van der Waals surface area contributed by atoms with Crippen LogP contribution < -0.4 is 0 Å². The molecule has 4 aromatic rings. The van der Waals surface area contributed by atoms with Crippen LogP contribution in [-0.2, 0) is 12.7 Å². The van der Waals surface area contributed by atoms with E-state index in [-0.39, 0.29) is 16.8 Å². The molecule has 4 rings (SSSR count). The molecule has 3 aromatic carbocycles. The van der Waals surface area contributed by atoms with Crippen molar-refractivity contribution in [1.82, 2.24) is 4.57 Å². The molecule has 204 valence electrons. The van der Waals surface area contributed by atoms with E-state index < -0.39 is 28.9 Å². The van der Waals surface area contributed by atoms with Gasteiger partial charge in [0.2, 0.25) is 5.78 Å². The zero-order valence-electron chi connectivity index (χ0n) is 22.2. The summed E-state index contributed by atoms with van der Waals surface area (Å²) < 4.78 is 42.8. The van der Waals surface area contributed by atoms with Gasteiger partial charge in [0, 0.05) is 50.6 Å². The second-order valence-electron chi connectivity index (χ2n) is 9.37. The topological polar surface area (TPSA) is 71.7 Å². The number of ketones is 2. The molecule has 0 saturated carbocycles. The first kappa shape index (κ1) is 28.3. The number of hydrogen-bond donors (Lipinski definition) is 1.